The van der Waals surface area contributed by atoms with Gasteiger partial charge in [0.2, 0.25) is 0 Å². The number of carboxylic acids is 1. The number of benzene rings is 1. The minimum Gasteiger partial charge on any atom is -0.494 e. The van der Waals surface area contributed by atoms with Crippen molar-refractivity contribution in [2.24, 2.45) is 10.2 Å². The second kappa shape index (κ2) is 6.59. The summed E-state index contributed by atoms with van der Waals surface area (Å²) in [4.78, 5) is 25.9. The van der Waals surface area contributed by atoms with Gasteiger partial charge in [-0.25, -0.2) is 9.78 Å². The van der Waals surface area contributed by atoms with Crippen LogP contribution < -0.4 is 4.74 Å². The summed E-state index contributed by atoms with van der Waals surface area (Å²) in [6.07, 6.45) is 1.67. The van der Waals surface area contributed by atoms with Gasteiger partial charge in [0.1, 0.15) is 17.1 Å². The Hall–Kier alpha value is -3.82. The number of carboxylic acid groups (broad SMARTS) is 1. The van der Waals surface area contributed by atoms with Crippen molar-refractivity contribution < 1.29 is 19.6 Å². The number of ether oxygens (including phenoxy) is 1. The number of carbonyl (C=O) groups is 1. The third-order valence-corrected chi connectivity index (χ3v) is 3.57. The van der Waals surface area contributed by atoms with Gasteiger partial charge in [-0.05, 0) is 24.6 Å². The fourth-order valence-corrected chi connectivity index (χ4v) is 2.35. The molecule has 0 aliphatic carbocycles. The van der Waals surface area contributed by atoms with Crippen LogP contribution in [0.25, 0.3) is 5.65 Å². The molecule has 0 aliphatic rings. The summed E-state index contributed by atoms with van der Waals surface area (Å²) >= 11 is 0. The van der Waals surface area contributed by atoms with E-state index in [0.717, 1.165) is 5.56 Å². The molecule has 0 bridgehead atoms. The second-order valence-electron chi connectivity index (χ2n) is 5.34. The Morgan fingerprint density at radius 3 is 2.73 bits per heavy atom. The van der Waals surface area contributed by atoms with E-state index in [1.807, 2.05) is 6.92 Å². The number of nitro benzene ring substituents is 1. The number of nitrogens with zero attached hydrogens (tertiary/aromatic N) is 5. The predicted molar refractivity (Wildman–Crippen MR) is 90.7 cm³/mol. The standard InChI is InChI=1S/C16H13N5O5/c1-9-3-6-13-17-14(16(22)23)15(20(13)8-9)19-18-11-7-10(21(24)25)4-5-12(11)26-2/h3-8H,1-2H3,(H,22,23). The lowest BCUT2D eigenvalue weighted by atomic mass is 10.2. The summed E-state index contributed by atoms with van der Waals surface area (Å²) in [6.45, 7) is 1.84. The Morgan fingerprint density at radius 2 is 2.08 bits per heavy atom. The largest absolute Gasteiger partial charge is 0.494 e. The highest BCUT2D eigenvalue weighted by Crippen LogP contribution is 2.33. The van der Waals surface area contributed by atoms with E-state index >= 15 is 0 Å². The molecule has 3 aromatic rings. The van der Waals surface area contributed by atoms with Crippen LogP contribution in [0, 0.1) is 17.0 Å². The fraction of sp³-hybridized carbons (Fsp3) is 0.125. The van der Waals surface area contributed by atoms with Gasteiger partial charge in [0.25, 0.3) is 5.69 Å². The van der Waals surface area contributed by atoms with Crippen LogP contribution in [-0.2, 0) is 0 Å². The lowest BCUT2D eigenvalue weighted by molar-refractivity contribution is -0.384. The molecular weight excluding hydrogens is 342 g/mol. The summed E-state index contributed by atoms with van der Waals surface area (Å²) in [5, 5.41) is 28.2. The van der Waals surface area contributed by atoms with Gasteiger partial charge in [0, 0.05) is 18.3 Å². The lowest BCUT2D eigenvalue weighted by Gasteiger charge is -2.03. The summed E-state index contributed by atoms with van der Waals surface area (Å²) in [6, 6.07) is 7.31. The van der Waals surface area contributed by atoms with E-state index in [1.54, 1.807) is 18.3 Å². The molecule has 3 rings (SSSR count). The van der Waals surface area contributed by atoms with E-state index in [9.17, 15) is 20.0 Å². The van der Waals surface area contributed by atoms with Crippen molar-refractivity contribution in [3.63, 3.8) is 0 Å². The molecule has 10 heteroatoms. The van der Waals surface area contributed by atoms with Crippen LogP contribution in [0.1, 0.15) is 16.1 Å². The molecule has 1 aromatic carbocycles. The normalized spacial score (nSPS) is 11.2. The van der Waals surface area contributed by atoms with Crippen LogP contribution in [0.3, 0.4) is 0 Å². The van der Waals surface area contributed by atoms with Gasteiger partial charge in [-0.3, -0.25) is 14.5 Å². The monoisotopic (exact) mass is 355 g/mol. The number of azo groups is 1. The zero-order chi connectivity index (χ0) is 18.8. The Morgan fingerprint density at radius 1 is 1.31 bits per heavy atom. The number of rotatable bonds is 5. The second-order valence-corrected chi connectivity index (χ2v) is 5.34. The van der Waals surface area contributed by atoms with E-state index in [4.69, 9.17) is 4.74 Å². The van der Waals surface area contributed by atoms with Crippen molar-refractivity contribution in [3.8, 4) is 5.75 Å². The molecular formula is C16H13N5O5. The number of pyridine rings is 1. The highest BCUT2D eigenvalue weighted by atomic mass is 16.6. The van der Waals surface area contributed by atoms with Crippen molar-refractivity contribution in [2.75, 3.05) is 7.11 Å². The number of aromatic nitrogens is 2. The average molecular weight is 355 g/mol. The van der Waals surface area contributed by atoms with Gasteiger partial charge in [0.15, 0.2) is 11.5 Å². The molecule has 0 radical (unpaired) electrons. The van der Waals surface area contributed by atoms with Crippen LogP contribution in [0.4, 0.5) is 17.2 Å². The Labute approximate surface area is 146 Å². The quantitative estimate of drug-likeness (QED) is 0.422. The zero-order valence-electron chi connectivity index (χ0n) is 13.8. The summed E-state index contributed by atoms with van der Waals surface area (Å²) in [5.41, 5.74) is 0.903. The molecule has 0 aliphatic heterocycles. The van der Waals surface area contributed by atoms with E-state index in [0.29, 0.717) is 5.65 Å². The first-order chi connectivity index (χ1) is 12.4. The number of methoxy groups -OCH3 is 1. The van der Waals surface area contributed by atoms with Gasteiger partial charge in [-0.15, -0.1) is 10.2 Å². The highest BCUT2D eigenvalue weighted by molar-refractivity contribution is 5.91. The summed E-state index contributed by atoms with van der Waals surface area (Å²) in [5.74, 6) is -0.989. The molecule has 2 aromatic heterocycles. The Kier molecular flexibility index (Phi) is 4.31. The average Bonchev–Trinajstić information content (AvgIpc) is 2.97. The van der Waals surface area contributed by atoms with Crippen molar-refractivity contribution in [2.45, 2.75) is 6.92 Å². The van der Waals surface area contributed by atoms with Crippen molar-refractivity contribution in [1.82, 2.24) is 9.38 Å². The number of aromatic carboxylic acids is 1. The molecule has 26 heavy (non-hydrogen) atoms. The van der Waals surface area contributed by atoms with Crippen LogP contribution >= 0.6 is 0 Å². The summed E-state index contributed by atoms with van der Waals surface area (Å²) < 4.78 is 6.61. The van der Waals surface area contributed by atoms with E-state index in [-0.39, 0.29) is 28.6 Å². The number of imidazole rings is 1. The van der Waals surface area contributed by atoms with E-state index < -0.39 is 10.9 Å². The predicted octanol–water partition coefficient (Wildman–Crippen LogP) is 3.67. The number of fused-ring (bicyclic) bond motifs is 1. The SMILES string of the molecule is COc1ccc([N+](=O)[O-])cc1N=Nc1c(C(=O)O)nc2ccc(C)cn12. The first-order valence-corrected chi connectivity index (χ1v) is 7.37. The first-order valence-electron chi connectivity index (χ1n) is 7.37. The maximum Gasteiger partial charge on any atom is 0.358 e. The molecule has 0 spiro atoms. The van der Waals surface area contributed by atoms with Crippen LogP contribution in [-0.4, -0.2) is 32.5 Å². The molecule has 132 valence electrons. The van der Waals surface area contributed by atoms with Crippen LogP contribution in [0.15, 0.2) is 46.8 Å². The Bertz CT molecular complexity index is 1060. The van der Waals surface area contributed by atoms with Gasteiger partial charge in [0.05, 0.1) is 12.0 Å². The summed E-state index contributed by atoms with van der Waals surface area (Å²) in [7, 11) is 1.39. The number of nitro groups is 1. The maximum atomic E-state index is 11.5. The zero-order valence-corrected chi connectivity index (χ0v) is 13.8. The van der Waals surface area contributed by atoms with Crippen LogP contribution in [0.2, 0.25) is 0 Å². The molecule has 0 saturated carbocycles. The molecule has 0 atom stereocenters. The third-order valence-electron chi connectivity index (χ3n) is 3.57. The number of hydrogen-bond acceptors (Lipinski definition) is 7. The van der Waals surface area contributed by atoms with E-state index in [1.165, 1.54) is 29.7 Å². The minimum absolute atomic E-state index is 0.00441. The fourth-order valence-electron chi connectivity index (χ4n) is 2.35. The molecule has 0 saturated heterocycles. The highest BCUT2D eigenvalue weighted by Gasteiger charge is 2.19. The molecule has 10 nitrogen and oxygen atoms in total. The molecule has 0 unspecified atom stereocenters. The topological polar surface area (TPSA) is 132 Å². The number of non-ortho nitro benzene ring substituents is 1. The molecule has 0 amide bonds. The number of hydrogen-bond donors (Lipinski definition) is 1. The van der Waals surface area contributed by atoms with E-state index in [2.05, 4.69) is 15.2 Å². The smallest absolute Gasteiger partial charge is 0.358 e. The Balaban J connectivity index is 2.15. The number of aryl methyl sites for hydroxylation is 1. The van der Waals surface area contributed by atoms with Gasteiger partial charge in [-0.1, -0.05) is 6.07 Å². The van der Waals surface area contributed by atoms with Gasteiger partial charge < -0.3 is 9.84 Å². The molecule has 2 heterocycles. The van der Waals surface area contributed by atoms with Gasteiger partial charge >= 0.3 is 5.97 Å². The van der Waals surface area contributed by atoms with Crippen LogP contribution in [0.5, 0.6) is 5.75 Å². The third kappa shape index (κ3) is 3.07. The molecule has 0 fully saturated rings. The van der Waals surface area contributed by atoms with Gasteiger partial charge in [-0.2, -0.15) is 0 Å². The van der Waals surface area contributed by atoms with Crippen molar-refractivity contribution in [1.29, 1.82) is 0 Å². The molecule has 1 N–H and O–H groups in total. The van der Waals surface area contributed by atoms with Crippen molar-refractivity contribution in [3.05, 3.63) is 57.9 Å². The van der Waals surface area contributed by atoms with Crippen molar-refractivity contribution >= 4 is 28.8 Å². The minimum atomic E-state index is -1.26. The first kappa shape index (κ1) is 17.0. The lowest BCUT2D eigenvalue weighted by Crippen LogP contribution is -1.96. The maximum absolute atomic E-state index is 11.5.